The Morgan fingerprint density at radius 2 is 1.90 bits per heavy atom. The molecule has 0 bridgehead atoms. The van der Waals surface area contributed by atoms with E-state index in [0.29, 0.717) is 11.1 Å². The fraction of sp³-hybridized carbons (Fsp3) is 0.500. The van der Waals surface area contributed by atoms with Crippen LogP contribution >= 0.6 is 0 Å². The lowest BCUT2D eigenvalue weighted by molar-refractivity contribution is -0.148. The Morgan fingerprint density at radius 1 is 1.29 bits per heavy atom. The minimum absolute atomic E-state index is 0.150. The number of nitrogens with one attached hydrogen (secondary N) is 1. The maximum absolute atomic E-state index is 12.5. The van der Waals surface area contributed by atoms with Gasteiger partial charge in [0.25, 0.3) is 5.91 Å². The van der Waals surface area contributed by atoms with Crippen LogP contribution in [0.25, 0.3) is 0 Å². The molecule has 0 heterocycles. The highest BCUT2D eigenvalue weighted by Crippen LogP contribution is 2.18. The van der Waals surface area contributed by atoms with E-state index in [1.807, 2.05) is 0 Å². The Kier molecular flexibility index (Phi) is 6.64. The Bertz CT molecular complexity index is 447. The van der Waals surface area contributed by atoms with E-state index in [-0.39, 0.29) is 25.6 Å². The standard InChI is InChI=1S/C14H19F3N2O2/c1-18-13(20)12-5-3-11(4-6-12)9-19(7-8-21-2)10-14(15,16)17/h3-6H,7-10H2,1-2H3,(H,18,20). The predicted molar refractivity (Wildman–Crippen MR) is 73.0 cm³/mol. The summed E-state index contributed by atoms with van der Waals surface area (Å²) in [6, 6.07) is 6.49. The van der Waals surface area contributed by atoms with Gasteiger partial charge >= 0.3 is 6.18 Å². The monoisotopic (exact) mass is 304 g/mol. The molecule has 1 rings (SSSR count). The molecule has 0 unspecified atom stereocenters. The Balaban J connectivity index is 2.71. The molecule has 0 atom stereocenters. The Labute approximate surface area is 121 Å². The van der Waals surface area contributed by atoms with E-state index < -0.39 is 12.7 Å². The van der Waals surface area contributed by atoms with Crippen molar-refractivity contribution in [3.63, 3.8) is 0 Å². The average Bonchev–Trinajstić information content (AvgIpc) is 2.43. The zero-order valence-corrected chi connectivity index (χ0v) is 12.0. The third-order valence-corrected chi connectivity index (χ3v) is 2.86. The van der Waals surface area contributed by atoms with Crippen LogP contribution in [0, 0.1) is 0 Å². The smallest absolute Gasteiger partial charge is 0.383 e. The number of amides is 1. The van der Waals surface area contributed by atoms with Gasteiger partial charge in [-0.1, -0.05) is 12.1 Å². The van der Waals surface area contributed by atoms with E-state index >= 15 is 0 Å². The molecule has 1 aromatic rings. The quantitative estimate of drug-likeness (QED) is 0.838. The third-order valence-electron chi connectivity index (χ3n) is 2.86. The van der Waals surface area contributed by atoms with Crippen molar-refractivity contribution in [2.45, 2.75) is 12.7 Å². The number of carbonyl (C=O) groups is 1. The first-order valence-electron chi connectivity index (χ1n) is 6.45. The van der Waals surface area contributed by atoms with Gasteiger partial charge in [-0.25, -0.2) is 0 Å². The van der Waals surface area contributed by atoms with Gasteiger partial charge in [0.15, 0.2) is 0 Å². The normalized spacial score (nSPS) is 11.7. The third kappa shape index (κ3) is 6.59. The van der Waals surface area contributed by atoms with Gasteiger partial charge in [0.05, 0.1) is 13.2 Å². The van der Waals surface area contributed by atoms with Gasteiger partial charge in [-0.15, -0.1) is 0 Å². The van der Waals surface area contributed by atoms with E-state index in [0.717, 1.165) is 0 Å². The van der Waals surface area contributed by atoms with E-state index in [4.69, 9.17) is 4.74 Å². The van der Waals surface area contributed by atoms with Crippen LogP contribution in [0.3, 0.4) is 0 Å². The van der Waals surface area contributed by atoms with Crippen molar-refractivity contribution in [1.29, 1.82) is 0 Å². The van der Waals surface area contributed by atoms with E-state index in [9.17, 15) is 18.0 Å². The summed E-state index contributed by atoms with van der Waals surface area (Å²) in [5, 5.41) is 2.49. The molecule has 0 saturated carbocycles. The molecule has 0 fully saturated rings. The number of hydrogen-bond donors (Lipinski definition) is 1. The number of ether oxygens (including phenoxy) is 1. The largest absolute Gasteiger partial charge is 0.401 e. The SMILES string of the molecule is CNC(=O)c1ccc(CN(CCOC)CC(F)(F)F)cc1. The van der Waals surface area contributed by atoms with E-state index in [2.05, 4.69) is 5.32 Å². The highest BCUT2D eigenvalue weighted by Gasteiger charge is 2.30. The summed E-state index contributed by atoms with van der Waals surface area (Å²) in [6.07, 6.45) is -4.25. The first-order valence-corrected chi connectivity index (χ1v) is 6.45. The second kappa shape index (κ2) is 7.99. The molecule has 4 nitrogen and oxygen atoms in total. The van der Waals surface area contributed by atoms with Gasteiger partial charge in [0.1, 0.15) is 0 Å². The second-order valence-electron chi connectivity index (χ2n) is 4.59. The highest BCUT2D eigenvalue weighted by atomic mass is 19.4. The van der Waals surface area contributed by atoms with Gasteiger partial charge < -0.3 is 10.1 Å². The van der Waals surface area contributed by atoms with Crippen LogP contribution in [0.4, 0.5) is 13.2 Å². The number of benzene rings is 1. The minimum atomic E-state index is -4.25. The van der Waals surface area contributed by atoms with Crippen LogP contribution in [0.15, 0.2) is 24.3 Å². The van der Waals surface area contributed by atoms with E-state index in [1.54, 1.807) is 24.3 Å². The Hall–Kier alpha value is -1.60. The van der Waals surface area contributed by atoms with Crippen LogP contribution < -0.4 is 5.32 Å². The van der Waals surface area contributed by atoms with Crippen LogP contribution in [-0.4, -0.2) is 50.8 Å². The predicted octanol–water partition coefficient (Wildman–Crippen LogP) is 2.06. The van der Waals surface area contributed by atoms with Crippen molar-refractivity contribution < 1.29 is 22.7 Å². The average molecular weight is 304 g/mol. The van der Waals surface area contributed by atoms with Gasteiger partial charge in [0.2, 0.25) is 0 Å². The Morgan fingerprint density at radius 3 is 2.38 bits per heavy atom. The number of methoxy groups -OCH3 is 1. The number of rotatable bonds is 7. The first-order chi connectivity index (χ1) is 9.85. The maximum Gasteiger partial charge on any atom is 0.401 e. The van der Waals surface area contributed by atoms with Crippen molar-refractivity contribution in [2.75, 3.05) is 33.9 Å². The van der Waals surface area contributed by atoms with Crippen molar-refractivity contribution in [3.05, 3.63) is 35.4 Å². The van der Waals surface area contributed by atoms with E-state index in [1.165, 1.54) is 19.1 Å². The molecule has 0 saturated heterocycles. The number of hydrogen-bond acceptors (Lipinski definition) is 3. The van der Waals surface area contributed by atoms with Crippen LogP contribution in [-0.2, 0) is 11.3 Å². The zero-order chi connectivity index (χ0) is 15.9. The van der Waals surface area contributed by atoms with Crippen molar-refractivity contribution >= 4 is 5.91 Å². The van der Waals surface area contributed by atoms with Crippen molar-refractivity contribution in [1.82, 2.24) is 10.2 Å². The number of nitrogens with zero attached hydrogens (tertiary/aromatic N) is 1. The molecule has 118 valence electrons. The topological polar surface area (TPSA) is 41.6 Å². The lowest BCUT2D eigenvalue weighted by Gasteiger charge is -2.23. The molecule has 0 aliphatic rings. The molecule has 0 radical (unpaired) electrons. The number of alkyl halides is 3. The lowest BCUT2D eigenvalue weighted by atomic mass is 10.1. The molecular weight excluding hydrogens is 285 g/mol. The van der Waals surface area contributed by atoms with Gasteiger partial charge in [-0.2, -0.15) is 13.2 Å². The van der Waals surface area contributed by atoms with Crippen LogP contribution in [0.1, 0.15) is 15.9 Å². The second-order valence-corrected chi connectivity index (χ2v) is 4.59. The molecule has 1 N–H and O–H groups in total. The minimum Gasteiger partial charge on any atom is -0.383 e. The summed E-state index contributed by atoms with van der Waals surface area (Å²) < 4.78 is 42.4. The fourth-order valence-corrected chi connectivity index (χ4v) is 1.85. The van der Waals surface area contributed by atoms with Crippen LogP contribution in [0.2, 0.25) is 0 Å². The fourth-order valence-electron chi connectivity index (χ4n) is 1.85. The lowest BCUT2D eigenvalue weighted by Crippen LogP contribution is -2.36. The molecule has 0 aromatic heterocycles. The molecule has 0 spiro atoms. The van der Waals surface area contributed by atoms with Gasteiger partial charge in [-0.3, -0.25) is 9.69 Å². The highest BCUT2D eigenvalue weighted by molar-refractivity contribution is 5.93. The molecule has 1 amide bonds. The van der Waals surface area contributed by atoms with Gasteiger partial charge in [-0.05, 0) is 17.7 Å². The molecule has 1 aromatic carbocycles. The maximum atomic E-state index is 12.5. The summed E-state index contributed by atoms with van der Waals surface area (Å²) in [5.74, 6) is -0.229. The summed E-state index contributed by atoms with van der Waals surface area (Å²) in [7, 11) is 2.97. The van der Waals surface area contributed by atoms with Crippen LogP contribution in [0.5, 0.6) is 0 Å². The number of carbonyl (C=O) groups excluding carboxylic acids is 1. The first kappa shape index (κ1) is 17.5. The van der Waals surface area contributed by atoms with Crippen molar-refractivity contribution in [2.24, 2.45) is 0 Å². The molecular formula is C14H19F3N2O2. The summed E-state index contributed by atoms with van der Waals surface area (Å²) in [5.41, 5.74) is 1.18. The molecule has 0 aliphatic carbocycles. The zero-order valence-electron chi connectivity index (χ0n) is 12.0. The van der Waals surface area contributed by atoms with Gasteiger partial charge in [0, 0.05) is 32.8 Å². The molecule has 7 heteroatoms. The number of halogens is 3. The summed E-state index contributed by atoms with van der Waals surface area (Å²) in [6.45, 7) is -0.427. The molecule has 0 aliphatic heterocycles. The summed E-state index contributed by atoms with van der Waals surface area (Å²) >= 11 is 0. The molecule has 21 heavy (non-hydrogen) atoms. The summed E-state index contributed by atoms with van der Waals surface area (Å²) in [4.78, 5) is 12.7. The van der Waals surface area contributed by atoms with Crippen molar-refractivity contribution in [3.8, 4) is 0 Å².